The Morgan fingerprint density at radius 2 is 1.61 bits per heavy atom. The molecule has 148 valence electrons. The molecule has 7 heteroatoms. The van der Waals surface area contributed by atoms with Crippen LogP contribution >= 0.6 is 0 Å². The predicted octanol–water partition coefficient (Wildman–Crippen LogP) is 1.78. The lowest BCUT2D eigenvalue weighted by Gasteiger charge is -2.26. The van der Waals surface area contributed by atoms with Crippen LogP contribution in [0.25, 0.3) is 11.2 Å². The van der Waals surface area contributed by atoms with Crippen LogP contribution in [0.1, 0.15) is 36.2 Å². The molecule has 1 aliphatic rings. The van der Waals surface area contributed by atoms with Crippen LogP contribution in [0.4, 0.5) is 0 Å². The van der Waals surface area contributed by atoms with Gasteiger partial charge < -0.3 is 4.57 Å². The summed E-state index contributed by atoms with van der Waals surface area (Å²) in [5, 5.41) is 0. The summed E-state index contributed by atoms with van der Waals surface area (Å²) in [4.78, 5) is 32.5. The van der Waals surface area contributed by atoms with Gasteiger partial charge in [0.15, 0.2) is 11.2 Å². The van der Waals surface area contributed by atoms with Crippen molar-refractivity contribution in [1.29, 1.82) is 0 Å². The Kier molecular flexibility index (Phi) is 4.93. The molecule has 0 bridgehead atoms. The summed E-state index contributed by atoms with van der Waals surface area (Å²) < 4.78 is 4.64. The van der Waals surface area contributed by atoms with Crippen molar-refractivity contribution in [1.82, 2.24) is 23.6 Å². The first-order chi connectivity index (χ1) is 13.5. The summed E-state index contributed by atoms with van der Waals surface area (Å²) in [5.41, 5.74) is 2.64. The third-order valence-corrected chi connectivity index (χ3v) is 5.70. The molecule has 0 N–H and O–H groups in total. The Morgan fingerprint density at radius 1 is 0.929 bits per heavy atom. The molecule has 0 aliphatic carbocycles. The SMILES string of the molecule is Cc1ccc(Cn2c(CN3CCCCC3)nc3c2c(=O)n(C)c(=O)n3C)cc1. The number of aryl methyl sites for hydroxylation is 2. The molecule has 0 amide bonds. The summed E-state index contributed by atoms with van der Waals surface area (Å²) in [6.45, 7) is 5.41. The van der Waals surface area contributed by atoms with Gasteiger partial charge in [0.25, 0.3) is 5.56 Å². The number of nitrogens with zero attached hydrogens (tertiary/aromatic N) is 5. The molecule has 1 aliphatic heterocycles. The fraction of sp³-hybridized carbons (Fsp3) is 0.476. The zero-order valence-corrected chi connectivity index (χ0v) is 16.8. The van der Waals surface area contributed by atoms with E-state index in [0.29, 0.717) is 24.3 Å². The van der Waals surface area contributed by atoms with Crippen LogP contribution in [-0.4, -0.2) is 36.7 Å². The highest BCUT2D eigenvalue weighted by atomic mass is 16.2. The molecule has 1 saturated heterocycles. The summed E-state index contributed by atoms with van der Waals surface area (Å²) in [5.74, 6) is 0.843. The minimum atomic E-state index is -0.345. The Labute approximate surface area is 163 Å². The third kappa shape index (κ3) is 3.30. The molecule has 0 unspecified atom stereocenters. The van der Waals surface area contributed by atoms with E-state index in [2.05, 4.69) is 36.1 Å². The summed E-state index contributed by atoms with van der Waals surface area (Å²) >= 11 is 0. The zero-order valence-electron chi connectivity index (χ0n) is 16.8. The van der Waals surface area contributed by atoms with Gasteiger partial charge in [-0.2, -0.15) is 0 Å². The van der Waals surface area contributed by atoms with Gasteiger partial charge in [-0.3, -0.25) is 18.8 Å². The van der Waals surface area contributed by atoms with Crippen LogP contribution in [0, 0.1) is 6.92 Å². The summed E-state index contributed by atoms with van der Waals surface area (Å²) in [6, 6.07) is 8.32. The van der Waals surface area contributed by atoms with Gasteiger partial charge in [-0.05, 0) is 38.4 Å². The molecule has 3 heterocycles. The van der Waals surface area contributed by atoms with E-state index in [1.807, 2.05) is 4.57 Å². The van der Waals surface area contributed by atoms with E-state index in [4.69, 9.17) is 4.98 Å². The molecule has 0 atom stereocenters. The number of rotatable bonds is 4. The lowest BCUT2D eigenvalue weighted by molar-refractivity contribution is 0.214. The van der Waals surface area contributed by atoms with Gasteiger partial charge in [-0.1, -0.05) is 36.2 Å². The predicted molar refractivity (Wildman–Crippen MR) is 110 cm³/mol. The lowest BCUT2D eigenvalue weighted by Crippen LogP contribution is -2.37. The topological polar surface area (TPSA) is 65.1 Å². The average Bonchev–Trinajstić information content (AvgIpc) is 3.05. The first-order valence-electron chi connectivity index (χ1n) is 9.88. The highest BCUT2D eigenvalue weighted by Crippen LogP contribution is 2.18. The molecule has 28 heavy (non-hydrogen) atoms. The Bertz CT molecular complexity index is 1110. The number of piperidine rings is 1. The van der Waals surface area contributed by atoms with Crippen LogP contribution in [-0.2, 0) is 27.2 Å². The highest BCUT2D eigenvalue weighted by molar-refractivity contribution is 5.71. The van der Waals surface area contributed by atoms with Gasteiger partial charge in [0.2, 0.25) is 0 Å². The smallest absolute Gasteiger partial charge is 0.317 e. The minimum absolute atomic E-state index is 0.289. The van der Waals surface area contributed by atoms with Gasteiger partial charge in [0, 0.05) is 20.6 Å². The number of fused-ring (bicyclic) bond motifs is 1. The number of likely N-dealkylation sites (tertiary alicyclic amines) is 1. The highest BCUT2D eigenvalue weighted by Gasteiger charge is 2.21. The maximum Gasteiger partial charge on any atom is 0.332 e. The third-order valence-electron chi connectivity index (χ3n) is 5.70. The second-order valence-corrected chi connectivity index (χ2v) is 7.81. The van der Waals surface area contributed by atoms with Crippen molar-refractivity contribution in [3.05, 3.63) is 62.1 Å². The Morgan fingerprint density at radius 3 is 2.29 bits per heavy atom. The van der Waals surface area contributed by atoms with Gasteiger partial charge in [-0.25, -0.2) is 9.78 Å². The lowest BCUT2D eigenvalue weighted by atomic mass is 10.1. The molecular formula is C21H27N5O2. The molecule has 4 rings (SSSR count). The van der Waals surface area contributed by atoms with E-state index in [-0.39, 0.29) is 11.2 Å². The average molecular weight is 381 g/mol. The molecule has 1 aromatic carbocycles. The van der Waals surface area contributed by atoms with E-state index in [1.54, 1.807) is 7.05 Å². The summed E-state index contributed by atoms with van der Waals surface area (Å²) in [6.07, 6.45) is 3.65. The molecule has 2 aromatic heterocycles. The van der Waals surface area contributed by atoms with Gasteiger partial charge in [0.05, 0.1) is 6.54 Å². The Balaban J connectivity index is 1.87. The van der Waals surface area contributed by atoms with Crippen LogP contribution in [0.15, 0.2) is 33.9 Å². The van der Waals surface area contributed by atoms with Gasteiger partial charge in [0.1, 0.15) is 5.82 Å². The largest absolute Gasteiger partial charge is 0.332 e. The molecular weight excluding hydrogens is 354 g/mol. The first-order valence-corrected chi connectivity index (χ1v) is 9.88. The van der Waals surface area contributed by atoms with Crippen LogP contribution in [0.3, 0.4) is 0 Å². The first kappa shape index (κ1) is 18.7. The molecule has 3 aromatic rings. The number of hydrogen-bond acceptors (Lipinski definition) is 4. The van der Waals surface area contributed by atoms with Crippen LogP contribution in [0.2, 0.25) is 0 Å². The summed E-state index contributed by atoms with van der Waals surface area (Å²) in [7, 11) is 3.20. The van der Waals surface area contributed by atoms with E-state index in [0.717, 1.165) is 24.5 Å². The van der Waals surface area contributed by atoms with E-state index < -0.39 is 0 Å². The van der Waals surface area contributed by atoms with Crippen LogP contribution in [0.5, 0.6) is 0 Å². The molecule has 0 saturated carbocycles. The maximum atomic E-state index is 12.9. The van der Waals surface area contributed by atoms with Crippen molar-refractivity contribution < 1.29 is 0 Å². The van der Waals surface area contributed by atoms with Crippen molar-refractivity contribution in [3.8, 4) is 0 Å². The molecule has 7 nitrogen and oxygen atoms in total. The fourth-order valence-electron chi connectivity index (χ4n) is 3.98. The van der Waals surface area contributed by atoms with Crippen molar-refractivity contribution in [2.75, 3.05) is 13.1 Å². The molecule has 0 radical (unpaired) electrons. The van der Waals surface area contributed by atoms with E-state index in [1.165, 1.54) is 41.0 Å². The van der Waals surface area contributed by atoms with Gasteiger partial charge in [-0.15, -0.1) is 0 Å². The van der Waals surface area contributed by atoms with Gasteiger partial charge >= 0.3 is 5.69 Å². The monoisotopic (exact) mass is 381 g/mol. The molecule has 1 fully saturated rings. The van der Waals surface area contributed by atoms with Crippen molar-refractivity contribution >= 4 is 11.2 Å². The second kappa shape index (κ2) is 7.39. The van der Waals surface area contributed by atoms with Crippen molar-refractivity contribution in [3.63, 3.8) is 0 Å². The number of aromatic nitrogens is 4. The number of imidazole rings is 1. The van der Waals surface area contributed by atoms with Crippen LogP contribution < -0.4 is 11.2 Å². The minimum Gasteiger partial charge on any atom is -0.317 e. The normalized spacial score (nSPS) is 15.4. The van der Waals surface area contributed by atoms with Crippen molar-refractivity contribution in [2.45, 2.75) is 39.3 Å². The maximum absolute atomic E-state index is 12.9. The number of hydrogen-bond donors (Lipinski definition) is 0. The second-order valence-electron chi connectivity index (χ2n) is 7.81. The van der Waals surface area contributed by atoms with E-state index in [9.17, 15) is 9.59 Å². The van der Waals surface area contributed by atoms with E-state index >= 15 is 0 Å². The van der Waals surface area contributed by atoms with Crippen molar-refractivity contribution in [2.24, 2.45) is 14.1 Å². The standard InChI is InChI=1S/C21H27N5O2/c1-15-7-9-16(10-8-15)13-26-17(14-25-11-5-4-6-12-25)22-19-18(26)20(27)24(3)21(28)23(19)2/h7-10H,4-6,11-14H2,1-3H3. The Hall–Kier alpha value is -2.67. The zero-order chi connectivity index (χ0) is 19.8. The number of benzene rings is 1. The fourth-order valence-corrected chi connectivity index (χ4v) is 3.98. The molecule has 0 spiro atoms. The quantitative estimate of drug-likeness (QED) is 0.691.